The number of anilines is 1. The maximum Gasteiger partial charge on any atom is 0.234 e. The Morgan fingerprint density at radius 2 is 1.85 bits per heavy atom. The molecule has 0 spiro atoms. The molecule has 2 aromatic heterocycles. The summed E-state index contributed by atoms with van der Waals surface area (Å²) in [6, 6.07) is 14.2. The summed E-state index contributed by atoms with van der Waals surface area (Å²) in [5.74, 6) is 0.0606. The summed E-state index contributed by atoms with van der Waals surface area (Å²) in [5.41, 5.74) is 2.89. The minimum atomic E-state index is -0.149. The highest BCUT2D eigenvalue weighted by Crippen LogP contribution is 2.19. The van der Waals surface area contributed by atoms with Gasteiger partial charge in [-0.25, -0.2) is 0 Å². The van der Waals surface area contributed by atoms with Crippen molar-refractivity contribution in [3.63, 3.8) is 0 Å². The molecule has 1 N–H and O–H groups in total. The van der Waals surface area contributed by atoms with Gasteiger partial charge in [-0.05, 0) is 55.5 Å². The van der Waals surface area contributed by atoms with Crippen molar-refractivity contribution in [1.29, 1.82) is 0 Å². The highest BCUT2D eigenvalue weighted by molar-refractivity contribution is 7.99. The fourth-order valence-electron chi connectivity index (χ4n) is 2.19. The minimum Gasteiger partial charge on any atom is -0.325 e. The summed E-state index contributed by atoms with van der Waals surface area (Å²) < 4.78 is 0. The molecule has 1 amide bonds. The van der Waals surface area contributed by atoms with Gasteiger partial charge in [-0.1, -0.05) is 11.8 Å². The zero-order valence-electron chi connectivity index (χ0n) is 14.0. The quantitative estimate of drug-likeness (QED) is 0.532. The molecule has 0 aliphatic rings. The number of hydrogen-bond donors (Lipinski definition) is 1. The van der Waals surface area contributed by atoms with E-state index in [0.717, 1.165) is 11.3 Å². The number of pyridine rings is 1. The fraction of sp³-hybridized carbons (Fsp3) is 0.105. The van der Waals surface area contributed by atoms with Crippen LogP contribution < -0.4 is 5.32 Å². The highest BCUT2D eigenvalue weighted by Gasteiger charge is 2.07. The number of amides is 1. The summed E-state index contributed by atoms with van der Waals surface area (Å²) in [6.45, 7) is 1.50. The lowest BCUT2D eigenvalue weighted by Crippen LogP contribution is -2.14. The Labute approximate surface area is 155 Å². The summed E-state index contributed by atoms with van der Waals surface area (Å²) in [7, 11) is 0. The van der Waals surface area contributed by atoms with Crippen molar-refractivity contribution in [2.75, 3.05) is 11.1 Å². The summed E-state index contributed by atoms with van der Waals surface area (Å²) in [5, 5.41) is 11.7. The molecule has 130 valence electrons. The van der Waals surface area contributed by atoms with Crippen LogP contribution in [0.1, 0.15) is 17.3 Å². The number of rotatable bonds is 6. The molecule has 0 saturated carbocycles. The topological polar surface area (TPSA) is 84.8 Å². The molecule has 0 atom stereocenters. The Kier molecular flexibility index (Phi) is 5.70. The van der Waals surface area contributed by atoms with Gasteiger partial charge in [-0.15, -0.1) is 10.2 Å². The first-order valence-electron chi connectivity index (χ1n) is 7.89. The maximum absolute atomic E-state index is 12.0. The highest BCUT2D eigenvalue weighted by atomic mass is 32.2. The van der Waals surface area contributed by atoms with E-state index in [9.17, 15) is 9.59 Å². The third-order valence-electron chi connectivity index (χ3n) is 3.52. The minimum absolute atomic E-state index is 0.00765. The fourth-order valence-corrected chi connectivity index (χ4v) is 2.80. The van der Waals surface area contributed by atoms with Gasteiger partial charge in [0.25, 0.3) is 0 Å². The lowest BCUT2D eigenvalue weighted by atomic mass is 10.1. The van der Waals surface area contributed by atoms with Crippen LogP contribution in [0.15, 0.2) is 66.0 Å². The normalized spacial score (nSPS) is 10.3. The molecule has 0 fully saturated rings. The van der Waals surface area contributed by atoms with Crippen molar-refractivity contribution in [2.45, 2.75) is 11.9 Å². The van der Waals surface area contributed by atoms with E-state index in [0.29, 0.717) is 16.3 Å². The first kappa shape index (κ1) is 17.8. The second-order valence-electron chi connectivity index (χ2n) is 5.47. The molecule has 0 bridgehead atoms. The van der Waals surface area contributed by atoms with Gasteiger partial charge in [0.1, 0.15) is 5.03 Å². The second-order valence-corrected chi connectivity index (χ2v) is 6.46. The van der Waals surface area contributed by atoms with E-state index in [-0.39, 0.29) is 17.4 Å². The lowest BCUT2D eigenvalue weighted by molar-refractivity contribution is -0.113. The van der Waals surface area contributed by atoms with E-state index in [1.54, 1.807) is 36.7 Å². The van der Waals surface area contributed by atoms with E-state index < -0.39 is 0 Å². The largest absolute Gasteiger partial charge is 0.325 e. The van der Waals surface area contributed by atoms with Crippen LogP contribution in [-0.4, -0.2) is 32.6 Å². The van der Waals surface area contributed by atoms with Crippen molar-refractivity contribution in [2.24, 2.45) is 0 Å². The summed E-state index contributed by atoms with van der Waals surface area (Å²) >= 11 is 1.30. The third kappa shape index (κ3) is 4.73. The van der Waals surface area contributed by atoms with Crippen LogP contribution in [0.3, 0.4) is 0 Å². The predicted molar refractivity (Wildman–Crippen MR) is 101 cm³/mol. The van der Waals surface area contributed by atoms with Gasteiger partial charge in [-0.3, -0.25) is 14.6 Å². The monoisotopic (exact) mass is 364 g/mol. The average Bonchev–Trinajstić information content (AvgIpc) is 2.68. The maximum atomic E-state index is 12.0. The molecular weight excluding hydrogens is 348 g/mol. The predicted octanol–water partition coefficient (Wildman–Crippen LogP) is 3.47. The molecule has 7 heteroatoms. The SMILES string of the molecule is CC(=O)c1ccc(NC(=O)CSc2ccc(-c3cccnc3)nn2)cc1. The summed E-state index contributed by atoms with van der Waals surface area (Å²) in [6.07, 6.45) is 3.43. The van der Waals surface area contributed by atoms with Crippen LogP contribution in [0.4, 0.5) is 5.69 Å². The van der Waals surface area contributed by atoms with Crippen LogP contribution in [0, 0.1) is 0 Å². The Hall–Kier alpha value is -3.06. The molecule has 0 saturated heterocycles. The van der Waals surface area contributed by atoms with Crippen molar-refractivity contribution in [3.8, 4) is 11.3 Å². The average molecular weight is 364 g/mol. The van der Waals surface area contributed by atoms with Crippen LogP contribution in [0.25, 0.3) is 11.3 Å². The Morgan fingerprint density at radius 3 is 2.46 bits per heavy atom. The molecule has 3 aromatic rings. The number of carbonyl (C=O) groups excluding carboxylic acids is 2. The second kappa shape index (κ2) is 8.35. The standard InChI is InChI=1S/C19H16N4O2S/c1-13(24)14-4-6-16(7-5-14)21-18(25)12-26-19-9-8-17(22-23-19)15-3-2-10-20-11-15/h2-11H,12H2,1H3,(H,21,25). The van der Waals surface area contributed by atoms with Gasteiger partial charge in [0.05, 0.1) is 11.4 Å². The molecule has 6 nitrogen and oxygen atoms in total. The number of Topliss-reactive ketones (excluding diaryl/α,β-unsaturated/α-hetero) is 1. The van der Waals surface area contributed by atoms with Gasteiger partial charge < -0.3 is 5.32 Å². The molecule has 0 unspecified atom stereocenters. The third-order valence-corrected chi connectivity index (χ3v) is 4.44. The van der Waals surface area contributed by atoms with Gasteiger partial charge in [-0.2, -0.15) is 0 Å². The Bertz CT molecular complexity index is 897. The van der Waals surface area contributed by atoms with Crippen molar-refractivity contribution >= 4 is 29.1 Å². The van der Waals surface area contributed by atoms with Gasteiger partial charge >= 0.3 is 0 Å². The molecule has 2 heterocycles. The van der Waals surface area contributed by atoms with Crippen molar-refractivity contribution < 1.29 is 9.59 Å². The smallest absolute Gasteiger partial charge is 0.234 e. The number of aromatic nitrogens is 3. The Morgan fingerprint density at radius 1 is 1.04 bits per heavy atom. The lowest BCUT2D eigenvalue weighted by Gasteiger charge is -2.06. The zero-order chi connectivity index (χ0) is 18.4. The van der Waals surface area contributed by atoms with Crippen LogP contribution in [0.5, 0.6) is 0 Å². The van der Waals surface area contributed by atoms with E-state index in [2.05, 4.69) is 20.5 Å². The number of carbonyl (C=O) groups is 2. The number of nitrogens with zero attached hydrogens (tertiary/aromatic N) is 3. The molecule has 26 heavy (non-hydrogen) atoms. The Balaban J connectivity index is 1.53. The van der Waals surface area contributed by atoms with Crippen LogP contribution in [0.2, 0.25) is 0 Å². The van der Waals surface area contributed by atoms with Crippen LogP contribution >= 0.6 is 11.8 Å². The van der Waals surface area contributed by atoms with E-state index in [4.69, 9.17) is 0 Å². The molecule has 0 radical (unpaired) electrons. The van der Waals surface area contributed by atoms with E-state index in [1.165, 1.54) is 18.7 Å². The number of hydrogen-bond acceptors (Lipinski definition) is 6. The molecular formula is C19H16N4O2S. The van der Waals surface area contributed by atoms with Crippen molar-refractivity contribution in [1.82, 2.24) is 15.2 Å². The number of ketones is 1. The zero-order valence-corrected chi connectivity index (χ0v) is 14.9. The van der Waals surface area contributed by atoms with Crippen molar-refractivity contribution in [3.05, 3.63) is 66.5 Å². The molecule has 3 rings (SSSR count). The van der Waals surface area contributed by atoms with E-state index in [1.807, 2.05) is 24.3 Å². The number of nitrogens with one attached hydrogen (secondary N) is 1. The first-order valence-corrected chi connectivity index (χ1v) is 8.88. The van der Waals surface area contributed by atoms with Gasteiger partial charge in [0.15, 0.2) is 5.78 Å². The molecule has 0 aliphatic carbocycles. The number of benzene rings is 1. The molecule has 0 aliphatic heterocycles. The van der Waals surface area contributed by atoms with Crippen LogP contribution in [-0.2, 0) is 4.79 Å². The number of thioether (sulfide) groups is 1. The van der Waals surface area contributed by atoms with Gasteiger partial charge in [0, 0.05) is 29.2 Å². The summed E-state index contributed by atoms with van der Waals surface area (Å²) in [4.78, 5) is 27.3. The van der Waals surface area contributed by atoms with E-state index >= 15 is 0 Å². The molecule has 1 aromatic carbocycles. The van der Waals surface area contributed by atoms with Gasteiger partial charge in [0.2, 0.25) is 5.91 Å². The first-order chi connectivity index (χ1) is 12.6.